The molecule has 2 heterocycles. The van der Waals surface area contributed by atoms with Crippen molar-refractivity contribution >= 4 is 11.8 Å². The second-order valence-corrected chi connectivity index (χ2v) is 9.05. The number of rotatable bonds is 10. The zero-order valence-electron chi connectivity index (χ0n) is 20.0. The molecule has 1 aliphatic carbocycles. The maximum absolute atomic E-state index is 13.3. The lowest BCUT2D eigenvalue weighted by Gasteiger charge is -2.41. The lowest BCUT2D eigenvalue weighted by atomic mass is 9.77. The molecule has 1 saturated heterocycles. The zero-order valence-corrected chi connectivity index (χ0v) is 20.0. The van der Waals surface area contributed by atoms with Gasteiger partial charge >= 0.3 is 0 Å². The van der Waals surface area contributed by atoms with Gasteiger partial charge in [0.25, 0.3) is 0 Å². The van der Waals surface area contributed by atoms with Crippen LogP contribution < -0.4 is 10.1 Å². The van der Waals surface area contributed by atoms with Gasteiger partial charge in [0.1, 0.15) is 18.0 Å². The molecule has 0 aromatic heterocycles. The summed E-state index contributed by atoms with van der Waals surface area (Å²) in [5, 5.41) is 23.4. The van der Waals surface area contributed by atoms with E-state index < -0.39 is 24.2 Å². The minimum absolute atomic E-state index is 0.109. The third-order valence-corrected chi connectivity index (χ3v) is 6.88. The number of carbonyl (C=O) groups is 2. The van der Waals surface area contributed by atoms with Crippen molar-refractivity contribution < 1.29 is 29.3 Å². The highest BCUT2D eigenvalue weighted by Gasteiger charge is 2.50. The van der Waals surface area contributed by atoms with Crippen LogP contribution in [-0.2, 0) is 14.3 Å². The molecule has 3 N–H and O–H groups in total. The fraction of sp³-hybridized carbons (Fsp3) is 0.538. The number of para-hydroxylation sites is 1. The van der Waals surface area contributed by atoms with Crippen LogP contribution >= 0.6 is 0 Å². The summed E-state index contributed by atoms with van der Waals surface area (Å²) >= 11 is 0. The molecule has 3 aliphatic rings. The third-order valence-electron chi connectivity index (χ3n) is 6.88. The van der Waals surface area contributed by atoms with Crippen LogP contribution in [0.4, 0.5) is 0 Å². The van der Waals surface area contributed by atoms with Crippen molar-refractivity contribution in [2.45, 2.75) is 37.0 Å². The quantitative estimate of drug-likeness (QED) is 0.412. The van der Waals surface area contributed by atoms with Crippen LogP contribution in [0.2, 0.25) is 0 Å². The number of allylic oxidation sites excluding steroid dienone is 1. The summed E-state index contributed by atoms with van der Waals surface area (Å²) in [7, 11) is 0. The second-order valence-electron chi connectivity index (χ2n) is 9.05. The maximum atomic E-state index is 13.3. The van der Waals surface area contributed by atoms with Gasteiger partial charge < -0.3 is 29.9 Å². The van der Waals surface area contributed by atoms with Gasteiger partial charge in [-0.15, -0.1) is 6.58 Å². The highest BCUT2D eigenvalue weighted by Crippen LogP contribution is 2.47. The molecule has 9 heteroatoms. The molecule has 190 valence electrons. The third kappa shape index (κ3) is 5.59. The number of fused-ring (bicyclic) bond motifs is 3. The van der Waals surface area contributed by atoms with E-state index >= 15 is 0 Å². The normalized spacial score (nSPS) is 25.6. The van der Waals surface area contributed by atoms with Gasteiger partial charge in [0.15, 0.2) is 0 Å². The van der Waals surface area contributed by atoms with E-state index in [1.807, 2.05) is 24.3 Å². The van der Waals surface area contributed by atoms with Crippen molar-refractivity contribution in [2.75, 3.05) is 52.5 Å². The van der Waals surface area contributed by atoms with Gasteiger partial charge in [-0.3, -0.25) is 14.5 Å². The van der Waals surface area contributed by atoms with Gasteiger partial charge in [-0.2, -0.15) is 0 Å². The van der Waals surface area contributed by atoms with Crippen LogP contribution in [0, 0.1) is 0 Å². The van der Waals surface area contributed by atoms with Crippen molar-refractivity contribution in [3.05, 3.63) is 54.1 Å². The highest BCUT2D eigenvalue weighted by atomic mass is 16.5. The van der Waals surface area contributed by atoms with E-state index in [1.165, 1.54) is 0 Å². The first-order valence-electron chi connectivity index (χ1n) is 12.3. The molecule has 1 fully saturated rings. The summed E-state index contributed by atoms with van der Waals surface area (Å²) in [5.41, 5.74) is 1.27. The summed E-state index contributed by atoms with van der Waals surface area (Å²) < 4.78 is 11.6. The molecule has 0 spiro atoms. The smallest absolute Gasteiger partial charge is 0.247 e. The molecule has 4 atom stereocenters. The van der Waals surface area contributed by atoms with Crippen LogP contribution in [0.3, 0.4) is 0 Å². The fourth-order valence-electron chi connectivity index (χ4n) is 5.07. The number of hydrogen-bond donors (Lipinski definition) is 3. The van der Waals surface area contributed by atoms with E-state index in [1.54, 1.807) is 17.1 Å². The number of carbonyl (C=O) groups excluding carboxylic acids is 2. The molecule has 4 rings (SSSR count). The Morgan fingerprint density at radius 1 is 1.26 bits per heavy atom. The van der Waals surface area contributed by atoms with Crippen molar-refractivity contribution in [3.8, 4) is 5.75 Å². The number of nitrogens with one attached hydrogen (secondary N) is 1. The summed E-state index contributed by atoms with van der Waals surface area (Å²) in [4.78, 5) is 30.4. The molecular weight excluding hydrogens is 450 g/mol. The molecule has 1 aromatic carbocycles. The Morgan fingerprint density at radius 2 is 2.03 bits per heavy atom. The van der Waals surface area contributed by atoms with Gasteiger partial charge in [-0.1, -0.05) is 24.3 Å². The van der Waals surface area contributed by atoms with Gasteiger partial charge in [0.05, 0.1) is 31.8 Å². The molecule has 0 unspecified atom stereocenters. The Morgan fingerprint density at radius 3 is 2.77 bits per heavy atom. The summed E-state index contributed by atoms with van der Waals surface area (Å²) in [6.07, 6.45) is 2.50. The Hall–Kier alpha value is -2.72. The number of amides is 2. The van der Waals surface area contributed by atoms with Gasteiger partial charge in [0.2, 0.25) is 11.8 Å². The maximum Gasteiger partial charge on any atom is 0.247 e. The first kappa shape index (κ1) is 25.4. The van der Waals surface area contributed by atoms with E-state index in [0.29, 0.717) is 44.0 Å². The van der Waals surface area contributed by atoms with E-state index in [0.717, 1.165) is 18.7 Å². The van der Waals surface area contributed by atoms with Crippen LogP contribution in [0.1, 0.15) is 24.3 Å². The largest absolute Gasteiger partial charge is 0.486 e. The predicted molar refractivity (Wildman–Crippen MR) is 130 cm³/mol. The molecule has 35 heavy (non-hydrogen) atoms. The monoisotopic (exact) mass is 485 g/mol. The Kier molecular flexibility index (Phi) is 8.56. The summed E-state index contributed by atoms with van der Waals surface area (Å²) in [6.45, 7) is 7.58. The van der Waals surface area contributed by atoms with Gasteiger partial charge in [0, 0.05) is 50.3 Å². The Labute approximate surface area is 206 Å². The molecular formula is C26H35N3O6. The van der Waals surface area contributed by atoms with E-state index in [4.69, 9.17) is 9.47 Å². The first-order chi connectivity index (χ1) is 17.0. The van der Waals surface area contributed by atoms with Crippen molar-refractivity contribution in [1.29, 1.82) is 0 Å². The topological polar surface area (TPSA) is 112 Å². The number of hydrogen-bond acceptors (Lipinski definition) is 7. The molecule has 2 amide bonds. The molecule has 0 saturated carbocycles. The van der Waals surface area contributed by atoms with Crippen LogP contribution in [0.25, 0.3) is 0 Å². The average molecular weight is 486 g/mol. The van der Waals surface area contributed by atoms with Gasteiger partial charge in [-0.25, -0.2) is 0 Å². The van der Waals surface area contributed by atoms with Crippen LogP contribution in [-0.4, -0.2) is 103 Å². The van der Waals surface area contributed by atoms with Crippen molar-refractivity contribution in [3.63, 3.8) is 0 Å². The molecule has 1 aromatic rings. The van der Waals surface area contributed by atoms with Crippen LogP contribution in [0.15, 0.2) is 48.6 Å². The zero-order chi connectivity index (χ0) is 24.8. The Bertz CT molecular complexity index is 945. The predicted octanol–water partition coefficient (Wildman–Crippen LogP) is 0.436. The minimum Gasteiger partial charge on any atom is -0.486 e. The second kappa shape index (κ2) is 11.8. The van der Waals surface area contributed by atoms with Crippen LogP contribution in [0.5, 0.6) is 5.75 Å². The summed E-state index contributed by atoms with van der Waals surface area (Å²) in [6, 6.07) is 6.72. The van der Waals surface area contributed by atoms with E-state index in [2.05, 4.69) is 16.8 Å². The first-order valence-corrected chi connectivity index (χ1v) is 12.3. The number of morpholine rings is 1. The standard InChI is InChI=1S/C26H35N3O6/c1-2-3-8-22(31)29(11-10-28-12-15-34-16-13-28)20-17-19(26(33)27-9-14-30)23-18-6-4-5-7-21(18)35-25(23)24(20)32/h2,4-7,17,20,23-25,30,32H,1,3,8-16H2,(H,27,33)/t20-,23+,24+,25+/m1/s1. The minimum atomic E-state index is -1.01. The number of aliphatic hydroxyl groups excluding tert-OH is 2. The number of aliphatic hydroxyl groups is 2. The molecule has 0 radical (unpaired) electrons. The van der Waals surface area contributed by atoms with Gasteiger partial charge in [-0.05, 0) is 18.6 Å². The number of ether oxygens (including phenoxy) is 2. The molecule has 9 nitrogen and oxygen atoms in total. The highest BCUT2D eigenvalue weighted by molar-refractivity contribution is 5.96. The van der Waals surface area contributed by atoms with E-state index in [9.17, 15) is 19.8 Å². The lowest BCUT2D eigenvalue weighted by molar-refractivity contribution is -0.137. The SMILES string of the molecule is C=CCCC(=O)N(CCN1CCOCC1)[C@@H]1C=C(C(=O)NCCO)[C@@H]2c3ccccc3O[C@@H]2[C@H]1O. The average Bonchev–Trinajstić information content (AvgIpc) is 3.28. The van der Waals surface area contributed by atoms with E-state index in [-0.39, 0.29) is 31.4 Å². The molecule has 2 aliphatic heterocycles. The summed E-state index contributed by atoms with van der Waals surface area (Å²) in [5.74, 6) is -0.276. The fourth-order valence-corrected chi connectivity index (χ4v) is 5.07. The number of benzene rings is 1. The Balaban J connectivity index is 1.65. The van der Waals surface area contributed by atoms with Crippen molar-refractivity contribution in [2.24, 2.45) is 0 Å². The van der Waals surface area contributed by atoms with Crippen molar-refractivity contribution in [1.82, 2.24) is 15.1 Å². The lowest BCUT2D eigenvalue weighted by Crippen LogP contribution is -2.57. The number of nitrogens with zero attached hydrogens (tertiary/aromatic N) is 2. The molecule has 0 bridgehead atoms.